The molecular weight excluding hydrogens is 203 g/mol. The summed E-state index contributed by atoms with van der Waals surface area (Å²) in [5.41, 5.74) is 0. The third kappa shape index (κ3) is 1.19. The van der Waals surface area contributed by atoms with Gasteiger partial charge in [-0.05, 0) is 12.1 Å². The number of hydrogen-bond acceptors (Lipinski definition) is 1. The molecule has 7 heavy (non-hydrogen) atoms. The molecule has 1 nitrogen and oxygen atoms in total. The van der Waals surface area contributed by atoms with Gasteiger partial charge in [-0.2, -0.15) is 0 Å². The zero-order chi connectivity index (χ0) is 5.11. The van der Waals surface area contributed by atoms with E-state index in [-0.39, 0.29) is 0 Å². The topological polar surface area (TPSA) is 13.1 Å². The first-order valence-electron chi connectivity index (χ1n) is 1.94. The van der Waals surface area contributed by atoms with E-state index in [1.165, 1.54) is 0 Å². The summed E-state index contributed by atoms with van der Waals surface area (Å²) in [7, 11) is 0. The van der Waals surface area contributed by atoms with E-state index in [4.69, 9.17) is 4.42 Å². The summed E-state index contributed by atoms with van der Waals surface area (Å²) in [5, 5.41) is 0. The maximum absolute atomic E-state index is 4.85. The van der Waals surface area contributed by atoms with Crippen LogP contribution in [0.4, 0.5) is 0 Å². The highest BCUT2D eigenvalue weighted by Gasteiger charge is 1.86. The molecule has 0 atom stereocenters. The van der Waals surface area contributed by atoms with E-state index in [0.717, 1.165) is 10.2 Å². The number of furan rings is 1. The highest BCUT2D eigenvalue weighted by atomic mass is 127. The Bertz CT molecular complexity index is 123. The Morgan fingerprint density at radius 1 is 1.86 bits per heavy atom. The zero-order valence-corrected chi connectivity index (χ0v) is 5.81. The van der Waals surface area contributed by atoms with Gasteiger partial charge in [0.1, 0.15) is 5.76 Å². The van der Waals surface area contributed by atoms with Crippen LogP contribution >= 0.6 is 22.6 Å². The van der Waals surface area contributed by atoms with Crippen molar-refractivity contribution in [3.63, 3.8) is 0 Å². The zero-order valence-electron chi connectivity index (χ0n) is 3.65. The number of rotatable bonds is 1. The Morgan fingerprint density at radius 2 is 2.71 bits per heavy atom. The molecule has 0 spiro atoms. The molecule has 0 saturated carbocycles. The molecule has 0 saturated heterocycles. The van der Waals surface area contributed by atoms with Crippen molar-refractivity contribution in [2.75, 3.05) is 0 Å². The van der Waals surface area contributed by atoms with Crippen molar-refractivity contribution in [2.24, 2.45) is 0 Å². The molecule has 0 aromatic carbocycles. The molecular formula is C5H4IO. The fraction of sp³-hybridized carbons (Fsp3) is 0.200. The first-order chi connectivity index (χ1) is 3.43. The molecule has 2 heteroatoms. The Labute approximate surface area is 55.9 Å². The lowest BCUT2D eigenvalue weighted by Gasteiger charge is -1.77. The van der Waals surface area contributed by atoms with Crippen molar-refractivity contribution in [2.45, 2.75) is 4.43 Å². The molecule has 0 bridgehead atoms. The van der Waals surface area contributed by atoms with E-state index in [0.29, 0.717) is 0 Å². The second-order valence-corrected chi connectivity index (χ2v) is 1.92. The molecule has 0 aliphatic carbocycles. The third-order valence-electron chi connectivity index (χ3n) is 0.659. The Hall–Kier alpha value is 0.01000. The van der Waals surface area contributed by atoms with Crippen LogP contribution in [-0.4, -0.2) is 0 Å². The molecule has 1 rings (SSSR count). The Kier molecular flexibility index (Phi) is 1.73. The lowest BCUT2D eigenvalue weighted by atomic mass is 10.5. The molecule has 1 aromatic rings. The highest BCUT2D eigenvalue weighted by molar-refractivity contribution is 14.1. The second kappa shape index (κ2) is 2.35. The van der Waals surface area contributed by atoms with Gasteiger partial charge in [0, 0.05) is 0 Å². The summed E-state index contributed by atoms with van der Waals surface area (Å²) < 4.78 is 5.78. The highest BCUT2D eigenvalue weighted by Crippen LogP contribution is 2.03. The van der Waals surface area contributed by atoms with Crippen molar-refractivity contribution in [3.05, 3.63) is 24.2 Å². The quantitative estimate of drug-likeness (QED) is 0.507. The summed E-state index contributed by atoms with van der Waals surface area (Å²) >= 11 is 2.24. The fourth-order valence-electron chi connectivity index (χ4n) is 0.343. The smallest absolute Gasteiger partial charge is 0.169 e. The van der Waals surface area contributed by atoms with Crippen molar-refractivity contribution in [1.82, 2.24) is 0 Å². The van der Waals surface area contributed by atoms with Gasteiger partial charge >= 0.3 is 0 Å². The molecule has 1 aromatic heterocycles. The minimum atomic E-state index is 0.932. The molecule has 0 N–H and O–H groups in total. The number of hydrogen-bond donors (Lipinski definition) is 0. The molecule has 37 valence electrons. The predicted octanol–water partition coefficient (Wildman–Crippen LogP) is 2.01. The van der Waals surface area contributed by atoms with Crippen LogP contribution in [0.5, 0.6) is 0 Å². The van der Waals surface area contributed by atoms with Gasteiger partial charge in [-0.15, -0.1) is 0 Å². The normalized spacial score (nSPS) is 9.29. The van der Waals surface area contributed by atoms with E-state index in [9.17, 15) is 0 Å². The van der Waals surface area contributed by atoms with Gasteiger partial charge in [-0.1, -0.05) is 22.6 Å². The van der Waals surface area contributed by atoms with Gasteiger partial charge in [0.05, 0.1) is 4.43 Å². The average molecular weight is 207 g/mol. The summed E-state index contributed by atoms with van der Waals surface area (Å²) in [6.07, 6.45) is 2.60. The first-order valence-corrected chi connectivity index (χ1v) is 3.47. The van der Waals surface area contributed by atoms with Crippen LogP contribution in [-0.2, 0) is 4.43 Å². The molecule has 0 unspecified atom stereocenters. The van der Waals surface area contributed by atoms with Gasteiger partial charge in [0.15, 0.2) is 6.26 Å². The number of alkyl halides is 1. The molecule has 0 fully saturated rings. The molecule has 0 aliphatic heterocycles. The Morgan fingerprint density at radius 3 is 3.00 bits per heavy atom. The van der Waals surface area contributed by atoms with Gasteiger partial charge in [-0.3, -0.25) is 0 Å². The standard InChI is InChI=1S/C5H4IO/c6-4-5-2-1-3-7-5/h1-2H,4H2. The third-order valence-corrected chi connectivity index (χ3v) is 1.41. The van der Waals surface area contributed by atoms with Crippen molar-refractivity contribution in [1.29, 1.82) is 0 Å². The van der Waals surface area contributed by atoms with Crippen molar-refractivity contribution >= 4 is 22.6 Å². The summed E-state index contributed by atoms with van der Waals surface area (Å²) in [4.78, 5) is 0. The molecule has 1 heterocycles. The van der Waals surface area contributed by atoms with Crippen LogP contribution in [0.1, 0.15) is 5.76 Å². The van der Waals surface area contributed by atoms with Crippen LogP contribution in [0.2, 0.25) is 0 Å². The van der Waals surface area contributed by atoms with E-state index in [1.54, 1.807) is 6.07 Å². The summed E-state index contributed by atoms with van der Waals surface area (Å²) in [6, 6.07) is 3.68. The minimum Gasteiger partial charge on any atom is -0.457 e. The van der Waals surface area contributed by atoms with Gasteiger partial charge < -0.3 is 4.42 Å². The van der Waals surface area contributed by atoms with E-state index >= 15 is 0 Å². The van der Waals surface area contributed by atoms with Crippen LogP contribution in [0, 0.1) is 6.26 Å². The van der Waals surface area contributed by atoms with E-state index in [1.807, 2.05) is 6.07 Å². The van der Waals surface area contributed by atoms with Crippen LogP contribution in [0.15, 0.2) is 16.5 Å². The Balaban J connectivity index is 2.76. The van der Waals surface area contributed by atoms with E-state index in [2.05, 4.69) is 28.9 Å². The van der Waals surface area contributed by atoms with Gasteiger partial charge in [0.2, 0.25) is 0 Å². The van der Waals surface area contributed by atoms with Crippen LogP contribution < -0.4 is 0 Å². The van der Waals surface area contributed by atoms with Gasteiger partial charge in [-0.25, -0.2) is 0 Å². The molecule has 1 radical (unpaired) electrons. The minimum absolute atomic E-state index is 0.932. The summed E-state index contributed by atoms with van der Waals surface area (Å²) in [6.45, 7) is 0. The SMILES string of the molecule is ICc1cc[c]o1. The number of halogens is 1. The lowest BCUT2D eigenvalue weighted by Crippen LogP contribution is -1.61. The van der Waals surface area contributed by atoms with Crippen molar-refractivity contribution < 1.29 is 4.42 Å². The second-order valence-electron chi connectivity index (χ2n) is 1.15. The lowest BCUT2D eigenvalue weighted by molar-refractivity contribution is 0.524. The van der Waals surface area contributed by atoms with Crippen LogP contribution in [0.3, 0.4) is 0 Å². The maximum atomic E-state index is 4.85. The first kappa shape index (κ1) is 5.15. The van der Waals surface area contributed by atoms with E-state index < -0.39 is 0 Å². The molecule has 0 aliphatic rings. The van der Waals surface area contributed by atoms with Crippen molar-refractivity contribution in [3.8, 4) is 0 Å². The largest absolute Gasteiger partial charge is 0.457 e. The van der Waals surface area contributed by atoms with Gasteiger partial charge in [0.25, 0.3) is 0 Å². The monoisotopic (exact) mass is 207 g/mol. The van der Waals surface area contributed by atoms with Crippen LogP contribution in [0.25, 0.3) is 0 Å². The molecule has 0 amide bonds. The maximum Gasteiger partial charge on any atom is 0.169 e. The average Bonchev–Trinajstić information content (AvgIpc) is 2.14. The fourth-order valence-corrected chi connectivity index (χ4v) is 0.752. The summed E-state index contributed by atoms with van der Waals surface area (Å²) in [5.74, 6) is 0.987. The predicted molar refractivity (Wildman–Crippen MR) is 35.3 cm³/mol.